The zero-order valence-corrected chi connectivity index (χ0v) is 15.6. The molecule has 3 heterocycles. The number of rotatable bonds is 4. The van der Waals surface area contributed by atoms with Crippen LogP contribution in [0.1, 0.15) is 47.5 Å². The van der Waals surface area contributed by atoms with Gasteiger partial charge in [-0.05, 0) is 40.5 Å². The van der Waals surface area contributed by atoms with Crippen molar-refractivity contribution < 1.29 is 18.8 Å². The third-order valence-corrected chi connectivity index (χ3v) is 5.36. The van der Waals surface area contributed by atoms with Crippen LogP contribution in [0.5, 0.6) is 6.01 Å². The first kappa shape index (κ1) is 18.1. The van der Waals surface area contributed by atoms with Crippen molar-refractivity contribution in [2.24, 2.45) is 0 Å². The molecular weight excluding hydrogens is 321 g/mol. The maximum atomic E-state index is 11.6. The molecular formula is C17H26BN3O4. The molecule has 136 valence electrons. The normalized spacial score (nSPS) is 24.6. The average Bonchev–Trinajstić information content (AvgIpc) is 3.08. The molecule has 0 saturated carbocycles. The third kappa shape index (κ3) is 3.65. The molecule has 2 aliphatic heterocycles. The Balaban J connectivity index is 1.59. The van der Waals surface area contributed by atoms with Crippen molar-refractivity contribution in [1.29, 1.82) is 0 Å². The summed E-state index contributed by atoms with van der Waals surface area (Å²) >= 11 is 0. The monoisotopic (exact) mass is 347 g/mol. The minimum Gasteiger partial charge on any atom is -0.461 e. The molecule has 0 aromatic carbocycles. The van der Waals surface area contributed by atoms with Crippen LogP contribution in [0.25, 0.3) is 0 Å². The highest BCUT2D eigenvalue weighted by atomic mass is 16.7. The lowest BCUT2D eigenvalue weighted by Crippen LogP contribution is -2.41. The van der Waals surface area contributed by atoms with Crippen LogP contribution in [0, 0.1) is 0 Å². The Bertz CT molecular complexity index is 619. The van der Waals surface area contributed by atoms with E-state index in [1.165, 1.54) is 0 Å². The third-order valence-electron chi connectivity index (χ3n) is 5.36. The number of hydrogen-bond donors (Lipinski definition) is 0. The second-order valence-corrected chi connectivity index (χ2v) is 7.71. The fraction of sp³-hybridized carbons (Fsp3) is 0.706. The summed E-state index contributed by atoms with van der Waals surface area (Å²) < 4.78 is 17.6. The summed E-state index contributed by atoms with van der Waals surface area (Å²) in [6.07, 6.45) is 5.30. The first-order valence-electron chi connectivity index (χ1n) is 8.77. The van der Waals surface area contributed by atoms with Gasteiger partial charge in [0.05, 0.1) is 17.2 Å². The molecule has 0 radical (unpaired) electrons. The van der Waals surface area contributed by atoms with Crippen molar-refractivity contribution in [2.45, 2.75) is 64.7 Å². The summed E-state index contributed by atoms with van der Waals surface area (Å²) in [5, 5.41) is 0. The molecule has 0 aliphatic carbocycles. The highest BCUT2D eigenvalue weighted by Crippen LogP contribution is 2.36. The molecule has 25 heavy (non-hydrogen) atoms. The zero-order chi connectivity index (χ0) is 18.2. The Labute approximate surface area is 149 Å². The van der Waals surface area contributed by atoms with E-state index in [0.717, 1.165) is 24.8 Å². The second-order valence-electron chi connectivity index (χ2n) is 7.71. The van der Waals surface area contributed by atoms with Crippen molar-refractivity contribution in [1.82, 2.24) is 14.9 Å². The topological polar surface area (TPSA) is 73.8 Å². The van der Waals surface area contributed by atoms with E-state index in [4.69, 9.17) is 14.0 Å². The second kappa shape index (κ2) is 6.57. The number of hydrogen-bond acceptors (Lipinski definition) is 6. The van der Waals surface area contributed by atoms with Gasteiger partial charge in [0.1, 0.15) is 6.61 Å². The minimum atomic E-state index is -0.484. The van der Waals surface area contributed by atoms with Crippen LogP contribution in [0.15, 0.2) is 12.4 Å². The van der Waals surface area contributed by atoms with Crippen LogP contribution in [-0.4, -0.2) is 58.3 Å². The SMILES string of the molecule is CC(=O)N1CCC[C@H]1COc1ncc(B2OC(C)(C)C(C)(C)O2)cn1. The number of carbonyl (C=O) groups is 1. The van der Waals surface area contributed by atoms with Gasteiger partial charge in [0.15, 0.2) is 0 Å². The van der Waals surface area contributed by atoms with E-state index in [2.05, 4.69) is 9.97 Å². The lowest BCUT2D eigenvalue weighted by atomic mass is 9.81. The Morgan fingerprint density at radius 2 is 1.88 bits per heavy atom. The Hall–Kier alpha value is -1.67. The Morgan fingerprint density at radius 3 is 2.44 bits per heavy atom. The van der Waals surface area contributed by atoms with Gasteiger partial charge in [-0.2, -0.15) is 0 Å². The number of ether oxygens (including phenoxy) is 1. The number of amides is 1. The van der Waals surface area contributed by atoms with E-state index in [-0.39, 0.29) is 11.9 Å². The highest BCUT2D eigenvalue weighted by Gasteiger charge is 2.52. The summed E-state index contributed by atoms with van der Waals surface area (Å²) in [5.74, 6) is 0.0862. The fourth-order valence-corrected chi connectivity index (χ4v) is 3.10. The molecule has 0 unspecified atom stereocenters. The molecule has 8 heteroatoms. The predicted octanol–water partition coefficient (Wildman–Crippen LogP) is 1.17. The van der Waals surface area contributed by atoms with Crippen LogP contribution in [0.3, 0.4) is 0 Å². The molecule has 3 rings (SSSR count). The summed E-state index contributed by atoms with van der Waals surface area (Å²) in [6.45, 7) is 10.8. The van der Waals surface area contributed by atoms with E-state index < -0.39 is 18.3 Å². The van der Waals surface area contributed by atoms with Crippen LogP contribution < -0.4 is 10.2 Å². The van der Waals surface area contributed by atoms with Gasteiger partial charge in [0.2, 0.25) is 5.91 Å². The van der Waals surface area contributed by atoms with Crippen molar-refractivity contribution in [3.8, 4) is 6.01 Å². The first-order chi connectivity index (χ1) is 11.7. The molecule has 1 amide bonds. The number of aromatic nitrogens is 2. The number of nitrogens with zero attached hydrogens (tertiary/aromatic N) is 3. The van der Waals surface area contributed by atoms with Gasteiger partial charge in [-0.3, -0.25) is 4.79 Å². The van der Waals surface area contributed by atoms with Gasteiger partial charge in [-0.25, -0.2) is 9.97 Å². The zero-order valence-electron chi connectivity index (χ0n) is 15.6. The Kier molecular flexibility index (Phi) is 4.77. The molecule has 0 bridgehead atoms. The van der Waals surface area contributed by atoms with Crippen LogP contribution >= 0.6 is 0 Å². The van der Waals surface area contributed by atoms with Gasteiger partial charge < -0.3 is 18.9 Å². The molecule has 2 aliphatic rings. The molecule has 1 atom stereocenters. The van der Waals surface area contributed by atoms with E-state index in [1.54, 1.807) is 19.3 Å². The minimum absolute atomic E-state index is 0.0862. The molecule has 1 aromatic heterocycles. The van der Waals surface area contributed by atoms with Gasteiger partial charge in [0, 0.05) is 31.3 Å². The van der Waals surface area contributed by atoms with Gasteiger partial charge >= 0.3 is 13.1 Å². The van der Waals surface area contributed by atoms with E-state index >= 15 is 0 Å². The predicted molar refractivity (Wildman–Crippen MR) is 93.7 cm³/mol. The van der Waals surface area contributed by atoms with Gasteiger partial charge in [0.25, 0.3) is 0 Å². The smallest absolute Gasteiger partial charge is 0.461 e. The maximum Gasteiger partial charge on any atom is 0.498 e. The summed E-state index contributed by atoms with van der Waals surface area (Å²) in [5.41, 5.74) is -0.0334. The lowest BCUT2D eigenvalue weighted by molar-refractivity contribution is -0.130. The molecule has 0 N–H and O–H groups in total. The van der Waals surface area contributed by atoms with Gasteiger partial charge in [-0.15, -0.1) is 0 Å². The van der Waals surface area contributed by atoms with E-state index in [0.29, 0.717) is 12.6 Å². The molecule has 1 aromatic rings. The van der Waals surface area contributed by atoms with E-state index in [1.807, 2.05) is 32.6 Å². The van der Waals surface area contributed by atoms with Gasteiger partial charge in [-0.1, -0.05) is 0 Å². The average molecular weight is 347 g/mol. The quantitative estimate of drug-likeness (QED) is 0.761. The standard InChI is InChI=1S/C17H26BN3O4/c1-12(22)21-8-6-7-14(21)11-23-15-19-9-13(10-20-15)18-24-16(2,3)17(4,5)25-18/h9-10,14H,6-8,11H2,1-5H3/t14-/m0/s1. The summed E-state index contributed by atoms with van der Waals surface area (Å²) in [6, 6.07) is 0.402. The number of carbonyl (C=O) groups excluding carboxylic acids is 1. The molecule has 7 nitrogen and oxygen atoms in total. The fourth-order valence-electron chi connectivity index (χ4n) is 3.10. The maximum absolute atomic E-state index is 11.6. The first-order valence-corrected chi connectivity index (χ1v) is 8.77. The van der Waals surface area contributed by atoms with Crippen LogP contribution in [0.4, 0.5) is 0 Å². The van der Waals surface area contributed by atoms with Crippen molar-refractivity contribution in [2.75, 3.05) is 13.2 Å². The largest absolute Gasteiger partial charge is 0.498 e. The molecule has 0 spiro atoms. The Morgan fingerprint density at radius 1 is 1.28 bits per heavy atom. The van der Waals surface area contributed by atoms with Crippen LogP contribution in [-0.2, 0) is 14.1 Å². The van der Waals surface area contributed by atoms with Crippen molar-refractivity contribution in [3.05, 3.63) is 12.4 Å². The number of likely N-dealkylation sites (tertiary alicyclic amines) is 1. The van der Waals surface area contributed by atoms with Crippen molar-refractivity contribution >= 4 is 18.5 Å². The molecule has 2 fully saturated rings. The molecule has 2 saturated heterocycles. The summed E-state index contributed by atoms with van der Waals surface area (Å²) in [7, 11) is -0.484. The van der Waals surface area contributed by atoms with Crippen molar-refractivity contribution in [3.63, 3.8) is 0 Å². The lowest BCUT2D eigenvalue weighted by Gasteiger charge is -2.32. The highest BCUT2D eigenvalue weighted by molar-refractivity contribution is 6.61. The van der Waals surface area contributed by atoms with E-state index in [9.17, 15) is 4.79 Å². The summed E-state index contributed by atoms with van der Waals surface area (Å²) in [4.78, 5) is 21.9. The van der Waals surface area contributed by atoms with Crippen LogP contribution in [0.2, 0.25) is 0 Å².